The lowest BCUT2D eigenvalue weighted by atomic mass is 10.2. The zero-order chi connectivity index (χ0) is 33.6. The summed E-state index contributed by atoms with van der Waals surface area (Å²) in [6, 6.07) is 28.8. The van der Waals surface area contributed by atoms with E-state index in [0.29, 0.717) is 33.4 Å². The first kappa shape index (κ1) is 33.7. The number of para-hydroxylation sites is 5. The smallest absolute Gasteiger partial charge is 0.325 e. The number of aryl methyl sites for hydroxylation is 1. The second-order valence-corrected chi connectivity index (χ2v) is 11.9. The molecular weight excluding hydrogens is 661 g/mol. The van der Waals surface area contributed by atoms with Crippen LogP contribution in [0.1, 0.15) is 17.0 Å². The predicted molar refractivity (Wildman–Crippen MR) is 170 cm³/mol. The number of hydrogen-bond donors (Lipinski definition) is 1. The van der Waals surface area contributed by atoms with Crippen molar-refractivity contribution in [2.75, 3.05) is 11.1 Å². The summed E-state index contributed by atoms with van der Waals surface area (Å²) in [5.41, 5.74) is 0.793. The van der Waals surface area contributed by atoms with E-state index in [9.17, 15) is 31.1 Å². The lowest BCUT2D eigenvalue weighted by Crippen LogP contribution is -2.16. The maximum absolute atomic E-state index is 13.2. The Hall–Kier alpha value is -4.69. The van der Waals surface area contributed by atoms with Crippen LogP contribution in [0.4, 0.5) is 32.0 Å². The van der Waals surface area contributed by atoms with Crippen LogP contribution in [0.3, 0.4) is 0 Å². The van der Waals surface area contributed by atoms with Crippen LogP contribution in [0, 0.1) is 6.92 Å². The Kier molecular flexibility index (Phi) is 10.3. The van der Waals surface area contributed by atoms with E-state index in [1.165, 1.54) is 12.1 Å². The third-order valence-electron chi connectivity index (χ3n) is 6.25. The molecule has 6 nitrogen and oxygen atoms in total. The van der Waals surface area contributed by atoms with Crippen molar-refractivity contribution in [2.24, 2.45) is 0 Å². The Labute approximate surface area is 273 Å². The predicted octanol–water partition coefficient (Wildman–Crippen LogP) is 9.49. The first-order valence-corrected chi connectivity index (χ1v) is 15.6. The number of halogens is 6. The molecule has 0 bridgehead atoms. The molecule has 0 atom stereocenters. The molecule has 1 amide bonds. The number of hydrogen-bond acceptors (Lipinski definition) is 7. The van der Waals surface area contributed by atoms with Gasteiger partial charge in [-0.05, 0) is 55.5 Å². The number of nitrogens with zero attached hydrogens (tertiary/aromatic N) is 4. The molecule has 0 radical (unpaired) electrons. The van der Waals surface area contributed by atoms with Crippen LogP contribution in [0.5, 0.6) is 0 Å². The van der Waals surface area contributed by atoms with Gasteiger partial charge in [-0.15, -0.1) is 0 Å². The maximum Gasteiger partial charge on any atom is 0.436 e. The van der Waals surface area contributed by atoms with Crippen LogP contribution >= 0.6 is 23.5 Å². The van der Waals surface area contributed by atoms with Crippen molar-refractivity contribution in [2.45, 2.75) is 34.2 Å². The van der Waals surface area contributed by atoms with E-state index in [1.807, 2.05) is 19.1 Å². The van der Waals surface area contributed by atoms with E-state index in [-0.39, 0.29) is 26.8 Å². The number of carbonyl (C=O) groups excluding carboxylic acids is 1. The average Bonchev–Trinajstić information content (AvgIpc) is 3.04. The first-order chi connectivity index (χ1) is 22.4. The molecule has 2 aromatic heterocycles. The van der Waals surface area contributed by atoms with E-state index >= 15 is 0 Å². The van der Waals surface area contributed by atoms with E-state index in [4.69, 9.17) is 0 Å². The highest BCUT2D eigenvalue weighted by molar-refractivity contribution is 8.00. The molecule has 240 valence electrons. The highest BCUT2D eigenvalue weighted by Gasteiger charge is 2.38. The van der Waals surface area contributed by atoms with Gasteiger partial charge >= 0.3 is 12.4 Å². The Balaban J connectivity index is 0.000000186. The number of aromatic nitrogens is 4. The molecule has 4 aromatic carbocycles. The molecule has 1 N–H and O–H groups in total. The van der Waals surface area contributed by atoms with Crippen LogP contribution in [0.25, 0.3) is 22.1 Å². The van der Waals surface area contributed by atoms with Gasteiger partial charge in [0, 0.05) is 10.6 Å². The van der Waals surface area contributed by atoms with Gasteiger partial charge in [0.1, 0.15) is 10.1 Å². The Morgan fingerprint density at radius 2 is 1.06 bits per heavy atom. The fourth-order valence-corrected chi connectivity index (χ4v) is 5.78. The van der Waals surface area contributed by atoms with Crippen LogP contribution in [-0.2, 0) is 17.1 Å². The summed E-state index contributed by atoms with van der Waals surface area (Å²) >= 11 is 1.68. The lowest BCUT2D eigenvalue weighted by Gasteiger charge is -2.12. The van der Waals surface area contributed by atoms with Crippen LogP contribution < -0.4 is 5.32 Å². The van der Waals surface area contributed by atoms with Crippen molar-refractivity contribution < 1.29 is 31.1 Å². The zero-order valence-corrected chi connectivity index (χ0v) is 25.9. The molecule has 0 aliphatic rings. The number of carbonyl (C=O) groups is 1. The number of alkyl halides is 6. The summed E-state index contributed by atoms with van der Waals surface area (Å²) < 4.78 is 79.4. The van der Waals surface area contributed by atoms with Gasteiger partial charge < -0.3 is 5.32 Å². The maximum atomic E-state index is 13.2. The summed E-state index contributed by atoms with van der Waals surface area (Å²) in [5, 5.41) is 2.18. The molecule has 0 aliphatic heterocycles. The minimum absolute atomic E-state index is 0.130. The van der Waals surface area contributed by atoms with Crippen molar-refractivity contribution in [1.29, 1.82) is 0 Å². The van der Waals surface area contributed by atoms with Crippen LogP contribution in [0.15, 0.2) is 118 Å². The molecule has 0 saturated heterocycles. The molecule has 0 saturated carbocycles. The second kappa shape index (κ2) is 14.4. The molecule has 0 aliphatic carbocycles. The van der Waals surface area contributed by atoms with E-state index in [2.05, 4.69) is 25.3 Å². The van der Waals surface area contributed by atoms with E-state index in [1.54, 1.807) is 78.9 Å². The van der Waals surface area contributed by atoms with Gasteiger partial charge in [-0.2, -0.15) is 26.3 Å². The summed E-state index contributed by atoms with van der Waals surface area (Å²) in [7, 11) is 0. The molecule has 6 rings (SSSR count). The minimum Gasteiger partial charge on any atom is -0.325 e. The van der Waals surface area contributed by atoms with E-state index < -0.39 is 29.6 Å². The van der Waals surface area contributed by atoms with Crippen molar-refractivity contribution in [3.8, 4) is 0 Å². The zero-order valence-electron chi connectivity index (χ0n) is 24.3. The van der Waals surface area contributed by atoms with Gasteiger partial charge in [-0.1, -0.05) is 83.7 Å². The molecule has 0 spiro atoms. The number of benzene rings is 4. The Morgan fingerprint density at radius 3 is 1.57 bits per heavy atom. The third kappa shape index (κ3) is 8.98. The Bertz CT molecular complexity index is 2010. The van der Waals surface area contributed by atoms with Gasteiger partial charge in [0.15, 0.2) is 11.4 Å². The molecule has 2 heterocycles. The highest BCUT2D eigenvalue weighted by Crippen LogP contribution is 2.38. The number of anilines is 1. The summed E-state index contributed by atoms with van der Waals surface area (Å²) in [6.07, 6.45) is -9.18. The second-order valence-electron chi connectivity index (χ2n) is 9.85. The van der Waals surface area contributed by atoms with Crippen molar-refractivity contribution in [3.63, 3.8) is 0 Å². The number of amides is 1. The highest BCUT2D eigenvalue weighted by atomic mass is 32.2. The molecule has 0 unspecified atom stereocenters. The van der Waals surface area contributed by atoms with E-state index in [0.717, 1.165) is 17.3 Å². The third-order valence-corrected chi connectivity index (χ3v) is 8.20. The number of rotatable bonds is 6. The topological polar surface area (TPSA) is 80.7 Å². The SMILES string of the molecule is Cc1ccc(Sc2nc3ccccc3nc2C(F)(F)F)cc1.O=C(CSc1nc2ccccc2nc1C(F)(F)F)Nc1ccccc1. The van der Waals surface area contributed by atoms with Gasteiger partial charge in [-0.25, -0.2) is 19.9 Å². The van der Waals surface area contributed by atoms with Gasteiger partial charge in [0.25, 0.3) is 0 Å². The fourth-order valence-electron chi connectivity index (χ4n) is 4.08. The summed E-state index contributed by atoms with van der Waals surface area (Å²) in [4.78, 5) is 28.2. The molecule has 6 aromatic rings. The fraction of sp³-hybridized carbons (Fsp3) is 0.121. The standard InChI is InChI=1S/C17H12F3N3OS.C16H11F3N2S/c18-17(19,20)15-16(23-13-9-5-4-8-12(13)22-15)25-10-14(24)21-11-6-2-1-3-7-11;1-10-6-8-11(9-7-10)22-15-14(16(17,18)19)20-12-4-2-3-5-13(12)21-15/h1-9H,10H2,(H,21,24);2-9H,1H3. The number of thioether (sulfide) groups is 1. The molecule has 14 heteroatoms. The lowest BCUT2D eigenvalue weighted by molar-refractivity contribution is -0.144. The van der Waals surface area contributed by atoms with Gasteiger partial charge in [0.2, 0.25) is 5.91 Å². The largest absolute Gasteiger partial charge is 0.436 e. The van der Waals surface area contributed by atoms with Gasteiger partial charge in [-0.3, -0.25) is 4.79 Å². The van der Waals surface area contributed by atoms with Crippen molar-refractivity contribution in [1.82, 2.24) is 19.9 Å². The van der Waals surface area contributed by atoms with Crippen LogP contribution in [-0.4, -0.2) is 31.6 Å². The number of nitrogens with one attached hydrogen (secondary N) is 1. The normalized spacial score (nSPS) is 11.6. The summed E-state index contributed by atoms with van der Waals surface area (Å²) in [6.45, 7) is 1.92. The molecule has 0 fully saturated rings. The first-order valence-electron chi connectivity index (χ1n) is 13.8. The Morgan fingerprint density at radius 1 is 0.617 bits per heavy atom. The molecular formula is C33H23F6N5OS2. The summed E-state index contributed by atoms with van der Waals surface area (Å²) in [5.74, 6) is -0.621. The monoisotopic (exact) mass is 683 g/mol. The minimum atomic E-state index is -4.64. The van der Waals surface area contributed by atoms with Crippen molar-refractivity contribution in [3.05, 3.63) is 120 Å². The van der Waals surface area contributed by atoms with Crippen molar-refractivity contribution >= 4 is 57.2 Å². The van der Waals surface area contributed by atoms with Gasteiger partial charge in [0.05, 0.1) is 27.8 Å². The average molecular weight is 684 g/mol. The van der Waals surface area contributed by atoms with Crippen LogP contribution in [0.2, 0.25) is 0 Å². The molecule has 47 heavy (non-hydrogen) atoms. The number of fused-ring (bicyclic) bond motifs is 2. The quantitative estimate of drug-likeness (QED) is 0.138.